The van der Waals surface area contributed by atoms with Crippen molar-refractivity contribution in [3.63, 3.8) is 0 Å². The molecule has 5 nitrogen and oxygen atoms in total. The van der Waals surface area contributed by atoms with Gasteiger partial charge in [-0.25, -0.2) is 0 Å². The van der Waals surface area contributed by atoms with Crippen molar-refractivity contribution in [2.45, 2.75) is 44.9 Å². The maximum Gasteiger partial charge on any atom is 0.306 e. The van der Waals surface area contributed by atoms with Crippen LogP contribution in [0.4, 0.5) is 0 Å². The number of methoxy groups -OCH3 is 1. The Balaban J connectivity index is 1.95. The number of hydrogen-bond acceptors (Lipinski definition) is 4. The van der Waals surface area contributed by atoms with Crippen LogP contribution in [-0.2, 0) is 14.3 Å². The van der Waals surface area contributed by atoms with E-state index in [-0.39, 0.29) is 24.7 Å². The lowest BCUT2D eigenvalue weighted by Gasteiger charge is -2.25. The van der Waals surface area contributed by atoms with E-state index in [0.717, 1.165) is 31.6 Å². The Labute approximate surface area is 143 Å². The van der Waals surface area contributed by atoms with Crippen LogP contribution in [0.5, 0.6) is 5.75 Å². The summed E-state index contributed by atoms with van der Waals surface area (Å²) < 4.78 is 10.1. The fourth-order valence-corrected chi connectivity index (χ4v) is 3.12. The summed E-state index contributed by atoms with van der Waals surface area (Å²) in [4.78, 5) is 25.8. The molecule has 1 atom stereocenters. The van der Waals surface area contributed by atoms with Crippen LogP contribution in [-0.4, -0.2) is 43.6 Å². The predicted molar refractivity (Wildman–Crippen MR) is 92.0 cm³/mol. The van der Waals surface area contributed by atoms with Crippen molar-refractivity contribution in [3.8, 4) is 5.75 Å². The molecule has 1 aromatic rings. The van der Waals surface area contributed by atoms with Crippen molar-refractivity contribution in [1.82, 2.24) is 4.90 Å². The summed E-state index contributed by atoms with van der Waals surface area (Å²) in [6.07, 6.45) is 3.59. The summed E-state index contributed by atoms with van der Waals surface area (Å²) in [5.74, 6) is 0.926. The molecule has 24 heavy (non-hydrogen) atoms. The second kappa shape index (κ2) is 9.30. The summed E-state index contributed by atoms with van der Waals surface area (Å²) in [5, 5.41) is 0. The number of amides is 1. The maximum absolute atomic E-state index is 12.4. The zero-order valence-corrected chi connectivity index (χ0v) is 14.6. The van der Waals surface area contributed by atoms with E-state index in [1.165, 1.54) is 5.56 Å². The minimum atomic E-state index is -0.299. The van der Waals surface area contributed by atoms with Crippen molar-refractivity contribution in [2.75, 3.05) is 26.8 Å². The first kappa shape index (κ1) is 18.3. The number of carbonyl (C=O) groups is 2. The third-order valence-electron chi connectivity index (χ3n) is 4.46. The number of benzene rings is 1. The first-order valence-electron chi connectivity index (χ1n) is 8.71. The van der Waals surface area contributed by atoms with Gasteiger partial charge in [-0.3, -0.25) is 9.59 Å². The molecule has 0 saturated carbocycles. The quantitative estimate of drug-likeness (QED) is 0.751. The molecule has 1 saturated heterocycles. The first-order chi connectivity index (χ1) is 11.6. The molecule has 2 rings (SSSR count). The summed E-state index contributed by atoms with van der Waals surface area (Å²) >= 11 is 0. The van der Waals surface area contributed by atoms with Crippen LogP contribution in [0.15, 0.2) is 24.3 Å². The normalized spacial score (nSPS) is 17.9. The van der Waals surface area contributed by atoms with Crippen LogP contribution in [0.25, 0.3) is 0 Å². The van der Waals surface area contributed by atoms with Gasteiger partial charge in [-0.15, -0.1) is 0 Å². The number of ether oxygens (including phenoxy) is 2. The zero-order chi connectivity index (χ0) is 17.4. The minimum absolute atomic E-state index is 0.0449. The van der Waals surface area contributed by atoms with E-state index >= 15 is 0 Å². The van der Waals surface area contributed by atoms with E-state index in [0.29, 0.717) is 19.1 Å². The zero-order valence-electron chi connectivity index (χ0n) is 14.6. The summed E-state index contributed by atoms with van der Waals surface area (Å²) in [5.41, 5.74) is 1.24. The van der Waals surface area contributed by atoms with E-state index in [2.05, 4.69) is 12.1 Å². The molecule has 0 aromatic heterocycles. The third kappa shape index (κ3) is 5.25. The lowest BCUT2D eigenvalue weighted by molar-refractivity contribution is -0.145. The second-order valence-corrected chi connectivity index (χ2v) is 6.11. The SMILES string of the molecule is CCOC(=O)CCC(=O)N1CCCC[C@@H](c2ccc(OC)cc2)C1. The predicted octanol–water partition coefficient (Wildman–Crippen LogP) is 3.13. The molecule has 0 radical (unpaired) electrons. The molecule has 0 spiro atoms. The molecular weight excluding hydrogens is 306 g/mol. The van der Waals surface area contributed by atoms with Crippen LogP contribution in [0.3, 0.4) is 0 Å². The van der Waals surface area contributed by atoms with Gasteiger partial charge in [0.1, 0.15) is 5.75 Å². The number of likely N-dealkylation sites (tertiary alicyclic amines) is 1. The van der Waals surface area contributed by atoms with Crippen LogP contribution in [0, 0.1) is 0 Å². The van der Waals surface area contributed by atoms with E-state index in [1.807, 2.05) is 17.0 Å². The number of rotatable bonds is 6. The van der Waals surface area contributed by atoms with Crippen molar-refractivity contribution in [2.24, 2.45) is 0 Å². The molecule has 1 aliphatic rings. The maximum atomic E-state index is 12.4. The fraction of sp³-hybridized carbons (Fsp3) is 0.579. The Hall–Kier alpha value is -2.04. The lowest BCUT2D eigenvalue weighted by atomic mass is 9.94. The van der Waals surface area contributed by atoms with Gasteiger partial charge in [-0.1, -0.05) is 18.6 Å². The lowest BCUT2D eigenvalue weighted by Crippen LogP contribution is -2.34. The molecule has 1 aliphatic heterocycles. The topological polar surface area (TPSA) is 55.8 Å². The molecule has 0 N–H and O–H groups in total. The number of hydrogen-bond donors (Lipinski definition) is 0. The molecule has 1 fully saturated rings. The van der Waals surface area contributed by atoms with Crippen molar-refractivity contribution >= 4 is 11.9 Å². The van der Waals surface area contributed by atoms with Gasteiger partial charge in [0.15, 0.2) is 0 Å². The molecule has 1 heterocycles. The molecule has 1 amide bonds. The molecular formula is C19H27NO4. The highest BCUT2D eigenvalue weighted by Gasteiger charge is 2.23. The van der Waals surface area contributed by atoms with Crippen LogP contribution in [0.1, 0.15) is 50.5 Å². The Morgan fingerprint density at radius 3 is 2.58 bits per heavy atom. The molecule has 5 heteroatoms. The van der Waals surface area contributed by atoms with Crippen molar-refractivity contribution < 1.29 is 19.1 Å². The monoisotopic (exact) mass is 333 g/mol. The standard InChI is InChI=1S/C19H27NO4/c1-3-24-19(22)12-11-18(21)20-13-5-4-6-16(14-20)15-7-9-17(23-2)10-8-15/h7-10,16H,3-6,11-14H2,1-2H3/t16-/m1/s1. The molecule has 0 aliphatic carbocycles. The smallest absolute Gasteiger partial charge is 0.306 e. The van der Waals surface area contributed by atoms with Gasteiger partial charge < -0.3 is 14.4 Å². The largest absolute Gasteiger partial charge is 0.497 e. The Bertz CT molecular complexity index is 541. The van der Waals surface area contributed by atoms with Gasteiger partial charge in [-0.2, -0.15) is 0 Å². The number of nitrogens with zero attached hydrogens (tertiary/aromatic N) is 1. The van der Waals surface area contributed by atoms with Crippen LogP contribution < -0.4 is 4.74 Å². The number of esters is 1. The average molecular weight is 333 g/mol. The van der Waals surface area contributed by atoms with E-state index in [9.17, 15) is 9.59 Å². The van der Waals surface area contributed by atoms with Crippen molar-refractivity contribution in [3.05, 3.63) is 29.8 Å². The van der Waals surface area contributed by atoms with Crippen molar-refractivity contribution in [1.29, 1.82) is 0 Å². The van der Waals surface area contributed by atoms with E-state index < -0.39 is 0 Å². The average Bonchev–Trinajstić information content (AvgIpc) is 2.86. The van der Waals surface area contributed by atoms with Crippen LogP contribution >= 0.6 is 0 Å². The highest BCUT2D eigenvalue weighted by Crippen LogP contribution is 2.28. The Kier molecular flexibility index (Phi) is 7.09. The van der Waals surface area contributed by atoms with Gasteiger partial charge in [0.25, 0.3) is 0 Å². The second-order valence-electron chi connectivity index (χ2n) is 6.11. The minimum Gasteiger partial charge on any atom is -0.497 e. The molecule has 1 aromatic carbocycles. The van der Waals surface area contributed by atoms with E-state index in [4.69, 9.17) is 9.47 Å². The Morgan fingerprint density at radius 1 is 1.17 bits per heavy atom. The van der Waals surface area contributed by atoms with Gasteiger partial charge in [0.2, 0.25) is 5.91 Å². The van der Waals surface area contributed by atoms with Gasteiger partial charge >= 0.3 is 5.97 Å². The third-order valence-corrected chi connectivity index (χ3v) is 4.46. The van der Waals surface area contributed by atoms with Gasteiger partial charge in [0, 0.05) is 25.4 Å². The summed E-state index contributed by atoms with van der Waals surface area (Å²) in [6.45, 7) is 3.62. The molecule has 0 unspecified atom stereocenters. The molecule has 0 bridgehead atoms. The van der Waals surface area contributed by atoms with Gasteiger partial charge in [-0.05, 0) is 37.5 Å². The van der Waals surface area contributed by atoms with Crippen LogP contribution in [0.2, 0.25) is 0 Å². The fourth-order valence-electron chi connectivity index (χ4n) is 3.12. The number of carbonyl (C=O) groups excluding carboxylic acids is 2. The van der Waals surface area contributed by atoms with E-state index in [1.54, 1.807) is 14.0 Å². The summed E-state index contributed by atoms with van der Waals surface area (Å²) in [6, 6.07) is 8.09. The highest BCUT2D eigenvalue weighted by atomic mass is 16.5. The summed E-state index contributed by atoms with van der Waals surface area (Å²) in [7, 11) is 1.66. The first-order valence-corrected chi connectivity index (χ1v) is 8.71. The Morgan fingerprint density at radius 2 is 1.92 bits per heavy atom. The molecule has 132 valence electrons. The highest BCUT2D eigenvalue weighted by molar-refractivity contribution is 5.81. The van der Waals surface area contributed by atoms with Gasteiger partial charge in [0.05, 0.1) is 20.1 Å².